The molecule has 4 rings (SSSR count). The highest BCUT2D eigenvalue weighted by molar-refractivity contribution is 6.01. The van der Waals surface area contributed by atoms with Crippen molar-refractivity contribution in [2.75, 3.05) is 11.4 Å². The molecular formula is C25H26N4. The fraction of sp³-hybridized carbons (Fsp3) is 0.160. The first-order chi connectivity index (χ1) is 14.1. The number of guanidine groups is 1. The van der Waals surface area contributed by atoms with E-state index in [1.54, 1.807) is 0 Å². The molecule has 0 spiro atoms. The van der Waals surface area contributed by atoms with Crippen molar-refractivity contribution in [1.82, 2.24) is 4.98 Å². The molecule has 0 radical (unpaired) electrons. The topological polar surface area (TPSA) is 57.4 Å². The highest BCUT2D eigenvalue weighted by atomic mass is 15.3. The molecule has 0 aliphatic heterocycles. The number of hydrogen-bond donors (Lipinski definition) is 2. The zero-order valence-corrected chi connectivity index (χ0v) is 16.9. The summed E-state index contributed by atoms with van der Waals surface area (Å²) >= 11 is 0. The second kappa shape index (κ2) is 8.23. The van der Waals surface area contributed by atoms with Gasteiger partial charge in [0.05, 0.1) is 0 Å². The molecule has 0 aliphatic carbocycles. The monoisotopic (exact) mass is 382 g/mol. The number of aliphatic imine (C=N–C) groups is 1. The maximum atomic E-state index is 6.48. The van der Waals surface area contributed by atoms with Gasteiger partial charge in [-0.3, -0.25) is 9.89 Å². The summed E-state index contributed by atoms with van der Waals surface area (Å²) in [7, 11) is 0. The number of anilines is 2. The minimum atomic E-state index is 0.498. The lowest BCUT2D eigenvalue weighted by Crippen LogP contribution is -2.33. The van der Waals surface area contributed by atoms with Gasteiger partial charge in [0, 0.05) is 35.0 Å². The average Bonchev–Trinajstić information content (AvgIpc) is 3.14. The van der Waals surface area contributed by atoms with E-state index in [9.17, 15) is 0 Å². The Morgan fingerprint density at radius 2 is 1.45 bits per heavy atom. The van der Waals surface area contributed by atoms with Gasteiger partial charge in [0.1, 0.15) is 0 Å². The first-order valence-corrected chi connectivity index (χ1v) is 9.90. The lowest BCUT2D eigenvalue weighted by Gasteiger charge is -2.24. The second-order valence-electron chi connectivity index (χ2n) is 7.36. The summed E-state index contributed by atoms with van der Waals surface area (Å²) in [4.78, 5) is 10.0. The molecule has 4 heteroatoms. The van der Waals surface area contributed by atoms with Crippen LogP contribution in [0.2, 0.25) is 0 Å². The van der Waals surface area contributed by atoms with Gasteiger partial charge in [-0.1, -0.05) is 53.6 Å². The summed E-state index contributed by atoms with van der Waals surface area (Å²) in [5.74, 6) is 0.498. The van der Waals surface area contributed by atoms with Crippen molar-refractivity contribution in [2.24, 2.45) is 10.7 Å². The summed E-state index contributed by atoms with van der Waals surface area (Å²) in [5.41, 5.74) is 13.3. The van der Waals surface area contributed by atoms with E-state index < -0.39 is 0 Å². The van der Waals surface area contributed by atoms with Gasteiger partial charge in [-0.2, -0.15) is 0 Å². The van der Waals surface area contributed by atoms with Crippen molar-refractivity contribution in [3.05, 3.63) is 95.7 Å². The molecule has 0 unspecified atom stereocenters. The van der Waals surface area contributed by atoms with E-state index in [0.29, 0.717) is 12.5 Å². The minimum Gasteiger partial charge on any atom is -0.369 e. The summed E-state index contributed by atoms with van der Waals surface area (Å²) in [5, 5.41) is 1.25. The molecule has 0 saturated carbocycles. The van der Waals surface area contributed by atoms with E-state index in [-0.39, 0.29) is 0 Å². The fourth-order valence-electron chi connectivity index (χ4n) is 3.50. The number of H-pyrrole nitrogens is 1. The third-order valence-electron chi connectivity index (χ3n) is 5.14. The van der Waals surface area contributed by atoms with Crippen LogP contribution in [0.3, 0.4) is 0 Å². The Kier molecular flexibility index (Phi) is 5.34. The summed E-state index contributed by atoms with van der Waals surface area (Å²) in [6.45, 7) is 4.79. The van der Waals surface area contributed by atoms with Gasteiger partial charge < -0.3 is 10.7 Å². The van der Waals surface area contributed by atoms with Crippen LogP contribution in [0.25, 0.3) is 10.9 Å². The molecule has 0 saturated heterocycles. The van der Waals surface area contributed by atoms with Crippen molar-refractivity contribution >= 4 is 28.2 Å². The number of nitrogens with two attached hydrogens (primary N) is 1. The van der Waals surface area contributed by atoms with Crippen LogP contribution < -0.4 is 10.6 Å². The average molecular weight is 383 g/mol. The Balaban J connectivity index is 1.59. The quantitative estimate of drug-likeness (QED) is 0.355. The zero-order valence-electron chi connectivity index (χ0n) is 16.9. The molecule has 0 atom stereocenters. The Morgan fingerprint density at radius 3 is 2.07 bits per heavy atom. The number of nitrogens with one attached hydrogen (secondary N) is 1. The van der Waals surface area contributed by atoms with Crippen LogP contribution >= 0.6 is 0 Å². The van der Waals surface area contributed by atoms with E-state index in [1.165, 1.54) is 22.1 Å². The largest absolute Gasteiger partial charge is 0.369 e. The van der Waals surface area contributed by atoms with Crippen molar-refractivity contribution in [2.45, 2.75) is 20.3 Å². The summed E-state index contributed by atoms with van der Waals surface area (Å²) in [6, 6.07) is 25.0. The maximum Gasteiger partial charge on any atom is 0.200 e. The number of fused-ring (bicyclic) bond motifs is 1. The molecule has 0 aliphatic rings. The number of nitrogens with zero attached hydrogens (tertiary/aromatic N) is 2. The molecule has 1 heterocycles. The predicted octanol–water partition coefficient (Wildman–Crippen LogP) is 5.48. The van der Waals surface area contributed by atoms with E-state index in [0.717, 1.165) is 23.3 Å². The molecule has 0 bridgehead atoms. The molecule has 4 nitrogen and oxygen atoms in total. The molecule has 3 aromatic carbocycles. The number of hydrogen-bond acceptors (Lipinski definition) is 1. The Bertz CT molecular complexity index is 1080. The summed E-state index contributed by atoms with van der Waals surface area (Å²) in [6.07, 6.45) is 2.90. The number of aryl methyl sites for hydroxylation is 2. The predicted molar refractivity (Wildman–Crippen MR) is 123 cm³/mol. The van der Waals surface area contributed by atoms with E-state index in [1.807, 2.05) is 11.0 Å². The van der Waals surface area contributed by atoms with Crippen molar-refractivity contribution in [3.63, 3.8) is 0 Å². The first kappa shape index (κ1) is 18.8. The normalized spacial score (nSPS) is 11.7. The van der Waals surface area contributed by atoms with E-state index >= 15 is 0 Å². The SMILES string of the molecule is Cc1ccc(N(C(N)=NCCc2c[nH]c3ccccc23)c2ccc(C)cc2)cc1. The van der Waals surface area contributed by atoms with Gasteiger partial charge >= 0.3 is 0 Å². The number of para-hydroxylation sites is 1. The number of aromatic nitrogens is 1. The molecule has 146 valence electrons. The summed E-state index contributed by atoms with van der Waals surface area (Å²) < 4.78 is 0. The molecule has 4 aromatic rings. The number of aromatic amines is 1. The van der Waals surface area contributed by atoms with Crippen LogP contribution in [0.1, 0.15) is 16.7 Å². The molecule has 3 N–H and O–H groups in total. The Labute approximate surface area is 171 Å². The highest BCUT2D eigenvalue weighted by Crippen LogP contribution is 2.26. The molecule has 1 aromatic heterocycles. The van der Waals surface area contributed by atoms with Gasteiger partial charge in [-0.25, -0.2) is 0 Å². The second-order valence-corrected chi connectivity index (χ2v) is 7.36. The first-order valence-electron chi connectivity index (χ1n) is 9.90. The molecule has 0 amide bonds. The maximum absolute atomic E-state index is 6.48. The van der Waals surface area contributed by atoms with E-state index in [4.69, 9.17) is 10.7 Å². The van der Waals surface area contributed by atoms with Crippen LogP contribution in [0.15, 0.2) is 84.0 Å². The zero-order chi connectivity index (χ0) is 20.2. The van der Waals surface area contributed by atoms with Crippen LogP contribution in [-0.4, -0.2) is 17.5 Å². The highest BCUT2D eigenvalue weighted by Gasteiger charge is 2.13. The minimum absolute atomic E-state index is 0.498. The lowest BCUT2D eigenvalue weighted by atomic mass is 10.1. The number of rotatable bonds is 5. The Hall–Kier alpha value is -3.53. The van der Waals surface area contributed by atoms with Crippen molar-refractivity contribution in [1.29, 1.82) is 0 Å². The standard InChI is InChI=1S/C25H26N4/c1-18-7-11-21(12-8-18)29(22-13-9-19(2)10-14-22)25(26)27-16-15-20-17-28-24-6-4-3-5-23(20)24/h3-14,17,28H,15-16H2,1-2H3,(H2,26,27). The molecule has 29 heavy (non-hydrogen) atoms. The van der Waals surface area contributed by atoms with Crippen LogP contribution in [0.4, 0.5) is 11.4 Å². The van der Waals surface area contributed by atoms with Gasteiger partial charge in [-0.15, -0.1) is 0 Å². The lowest BCUT2D eigenvalue weighted by molar-refractivity contribution is 0.966. The Morgan fingerprint density at radius 1 is 0.862 bits per heavy atom. The van der Waals surface area contributed by atoms with Gasteiger partial charge in [0.15, 0.2) is 0 Å². The van der Waals surface area contributed by atoms with Crippen molar-refractivity contribution in [3.8, 4) is 0 Å². The number of benzene rings is 3. The van der Waals surface area contributed by atoms with Crippen LogP contribution in [-0.2, 0) is 6.42 Å². The van der Waals surface area contributed by atoms with Crippen LogP contribution in [0.5, 0.6) is 0 Å². The van der Waals surface area contributed by atoms with Crippen LogP contribution in [0, 0.1) is 13.8 Å². The molecule has 0 fully saturated rings. The third-order valence-corrected chi connectivity index (χ3v) is 5.14. The van der Waals surface area contributed by atoms with Gasteiger partial charge in [0.25, 0.3) is 0 Å². The fourth-order valence-corrected chi connectivity index (χ4v) is 3.50. The molecular weight excluding hydrogens is 356 g/mol. The van der Waals surface area contributed by atoms with E-state index in [2.05, 4.69) is 91.8 Å². The van der Waals surface area contributed by atoms with Gasteiger partial charge in [0.2, 0.25) is 5.96 Å². The van der Waals surface area contributed by atoms with Gasteiger partial charge in [-0.05, 0) is 56.2 Å². The van der Waals surface area contributed by atoms with Crippen molar-refractivity contribution < 1.29 is 0 Å². The smallest absolute Gasteiger partial charge is 0.200 e. The third kappa shape index (κ3) is 4.16.